The molecule has 2 N–H and O–H groups in total. The van der Waals surface area contributed by atoms with Crippen LogP contribution in [0.5, 0.6) is 0 Å². The molecule has 15 heavy (non-hydrogen) atoms. The molecular weight excluding hydrogens is 186 g/mol. The van der Waals surface area contributed by atoms with Gasteiger partial charge < -0.3 is 10.4 Å². The average molecular weight is 209 g/mol. The lowest BCUT2D eigenvalue weighted by atomic mass is 9.76. The SMILES string of the molecule is CCC1CCC(C2=CC(C)(CO)N2)CC1. The molecule has 0 aromatic heterocycles. The van der Waals surface area contributed by atoms with Crippen LogP contribution < -0.4 is 5.32 Å². The van der Waals surface area contributed by atoms with Crippen molar-refractivity contribution >= 4 is 0 Å². The molecule has 1 unspecified atom stereocenters. The Morgan fingerprint density at radius 3 is 2.47 bits per heavy atom. The summed E-state index contributed by atoms with van der Waals surface area (Å²) < 4.78 is 0. The summed E-state index contributed by atoms with van der Waals surface area (Å²) >= 11 is 0. The zero-order valence-electron chi connectivity index (χ0n) is 9.92. The zero-order valence-corrected chi connectivity index (χ0v) is 9.92. The van der Waals surface area contributed by atoms with Gasteiger partial charge in [-0.2, -0.15) is 0 Å². The fraction of sp³-hybridized carbons (Fsp3) is 0.846. The van der Waals surface area contributed by atoms with E-state index in [0.717, 1.165) is 11.8 Å². The summed E-state index contributed by atoms with van der Waals surface area (Å²) in [5, 5.41) is 12.6. The van der Waals surface area contributed by atoms with Crippen molar-refractivity contribution in [2.45, 2.75) is 51.5 Å². The van der Waals surface area contributed by atoms with Crippen molar-refractivity contribution in [1.29, 1.82) is 0 Å². The van der Waals surface area contributed by atoms with Gasteiger partial charge in [0.2, 0.25) is 0 Å². The van der Waals surface area contributed by atoms with E-state index < -0.39 is 0 Å². The molecule has 0 bridgehead atoms. The topological polar surface area (TPSA) is 32.3 Å². The molecule has 0 amide bonds. The highest BCUT2D eigenvalue weighted by atomic mass is 16.3. The minimum absolute atomic E-state index is 0.128. The zero-order chi connectivity index (χ0) is 10.9. The van der Waals surface area contributed by atoms with Gasteiger partial charge in [0.15, 0.2) is 0 Å². The molecule has 1 heterocycles. The van der Waals surface area contributed by atoms with Crippen molar-refractivity contribution in [2.75, 3.05) is 6.61 Å². The molecule has 1 atom stereocenters. The predicted molar refractivity (Wildman–Crippen MR) is 62.4 cm³/mol. The molecule has 2 aliphatic rings. The van der Waals surface area contributed by atoms with Crippen LogP contribution in [0.2, 0.25) is 0 Å². The van der Waals surface area contributed by atoms with E-state index in [1.807, 2.05) is 6.92 Å². The molecule has 2 heteroatoms. The van der Waals surface area contributed by atoms with Gasteiger partial charge in [-0.3, -0.25) is 0 Å². The molecule has 1 saturated carbocycles. The maximum absolute atomic E-state index is 9.13. The van der Waals surface area contributed by atoms with Gasteiger partial charge in [0.05, 0.1) is 12.1 Å². The Morgan fingerprint density at radius 1 is 1.40 bits per heavy atom. The summed E-state index contributed by atoms with van der Waals surface area (Å²) in [6.07, 6.45) is 9.00. The van der Waals surface area contributed by atoms with Crippen LogP contribution in [0.3, 0.4) is 0 Å². The van der Waals surface area contributed by atoms with E-state index in [1.165, 1.54) is 37.8 Å². The number of aliphatic hydroxyl groups excluding tert-OH is 1. The van der Waals surface area contributed by atoms with Crippen LogP contribution in [-0.4, -0.2) is 17.3 Å². The number of allylic oxidation sites excluding steroid dienone is 1. The highest BCUT2D eigenvalue weighted by Crippen LogP contribution is 2.37. The Kier molecular flexibility index (Phi) is 3.06. The Morgan fingerprint density at radius 2 is 2.00 bits per heavy atom. The lowest BCUT2D eigenvalue weighted by Gasteiger charge is -2.43. The monoisotopic (exact) mass is 209 g/mol. The van der Waals surface area contributed by atoms with Gasteiger partial charge in [-0.05, 0) is 50.5 Å². The molecule has 1 aliphatic heterocycles. The molecular formula is C13H23NO. The third-order valence-electron chi connectivity index (χ3n) is 4.10. The predicted octanol–water partition coefficient (Wildman–Crippen LogP) is 2.44. The summed E-state index contributed by atoms with van der Waals surface area (Å²) in [4.78, 5) is 0. The first kappa shape index (κ1) is 11.0. The van der Waals surface area contributed by atoms with Crippen molar-refractivity contribution in [2.24, 2.45) is 11.8 Å². The molecule has 2 rings (SSSR count). The van der Waals surface area contributed by atoms with Crippen molar-refractivity contribution in [3.05, 3.63) is 11.8 Å². The van der Waals surface area contributed by atoms with Crippen LogP contribution in [0.4, 0.5) is 0 Å². The largest absolute Gasteiger partial charge is 0.394 e. The second-order valence-electron chi connectivity index (χ2n) is 5.43. The summed E-state index contributed by atoms with van der Waals surface area (Å²) in [6, 6.07) is 0. The summed E-state index contributed by atoms with van der Waals surface area (Å²) in [6.45, 7) is 4.56. The third-order valence-corrected chi connectivity index (χ3v) is 4.10. The Hall–Kier alpha value is -0.500. The second kappa shape index (κ2) is 4.17. The fourth-order valence-electron chi connectivity index (χ4n) is 2.85. The van der Waals surface area contributed by atoms with E-state index in [9.17, 15) is 0 Å². The summed E-state index contributed by atoms with van der Waals surface area (Å²) in [7, 11) is 0. The Labute approximate surface area is 92.8 Å². The number of aliphatic hydroxyl groups is 1. The van der Waals surface area contributed by atoms with Crippen LogP contribution in [0, 0.1) is 11.8 Å². The van der Waals surface area contributed by atoms with Crippen LogP contribution in [-0.2, 0) is 0 Å². The first-order valence-electron chi connectivity index (χ1n) is 6.28. The molecule has 0 saturated heterocycles. The van der Waals surface area contributed by atoms with Crippen LogP contribution in [0.1, 0.15) is 46.0 Å². The smallest absolute Gasteiger partial charge is 0.0775 e. The lowest BCUT2D eigenvalue weighted by Crippen LogP contribution is -2.53. The van der Waals surface area contributed by atoms with Crippen LogP contribution in [0.25, 0.3) is 0 Å². The minimum Gasteiger partial charge on any atom is -0.394 e. The summed E-state index contributed by atoms with van der Waals surface area (Å²) in [5.41, 5.74) is 1.26. The van der Waals surface area contributed by atoms with E-state index in [4.69, 9.17) is 5.11 Å². The number of nitrogens with one attached hydrogen (secondary N) is 1. The molecule has 86 valence electrons. The first-order chi connectivity index (χ1) is 7.17. The highest BCUT2D eigenvalue weighted by molar-refractivity contribution is 5.27. The van der Waals surface area contributed by atoms with Gasteiger partial charge in [-0.25, -0.2) is 0 Å². The van der Waals surface area contributed by atoms with E-state index in [2.05, 4.69) is 18.3 Å². The van der Waals surface area contributed by atoms with Crippen LogP contribution >= 0.6 is 0 Å². The van der Waals surface area contributed by atoms with Gasteiger partial charge in [0.1, 0.15) is 0 Å². The normalized spacial score (nSPS) is 40.3. The molecule has 1 aliphatic carbocycles. The van der Waals surface area contributed by atoms with Crippen LogP contribution in [0.15, 0.2) is 11.8 Å². The molecule has 0 aromatic rings. The molecule has 2 nitrogen and oxygen atoms in total. The van der Waals surface area contributed by atoms with Gasteiger partial charge in [-0.15, -0.1) is 0 Å². The minimum atomic E-state index is -0.128. The van der Waals surface area contributed by atoms with E-state index in [-0.39, 0.29) is 12.1 Å². The van der Waals surface area contributed by atoms with Gasteiger partial charge in [-0.1, -0.05) is 13.3 Å². The van der Waals surface area contributed by atoms with E-state index in [0.29, 0.717) is 0 Å². The lowest BCUT2D eigenvalue weighted by molar-refractivity contribution is 0.182. The maximum atomic E-state index is 9.13. The van der Waals surface area contributed by atoms with Gasteiger partial charge >= 0.3 is 0 Å². The second-order valence-corrected chi connectivity index (χ2v) is 5.43. The Bertz CT molecular complexity index is 253. The molecule has 0 radical (unpaired) electrons. The van der Waals surface area contributed by atoms with Crippen molar-refractivity contribution < 1.29 is 5.11 Å². The molecule has 0 aromatic carbocycles. The number of hydrogen-bond donors (Lipinski definition) is 2. The average Bonchev–Trinajstić information content (AvgIpc) is 2.25. The quantitative estimate of drug-likeness (QED) is 0.748. The summed E-state index contributed by atoms with van der Waals surface area (Å²) in [5.74, 6) is 1.71. The highest BCUT2D eigenvalue weighted by Gasteiger charge is 2.35. The Balaban J connectivity index is 1.86. The van der Waals surface area contributed by atoms with Crippen molar-refractivity contribution in [1.82, 2.24) is 5.32 Å². The first-order valence-corrected chi connectivity index (χ1v) is 6.28. The fourth-order valence-corrected chi connectivity index (χ4v) is 2.85. The number of rotatable bonds is 3. The van der Waals surface area contributed by atoms with Crippen molar-refractivity contribution in [3.63, 3.8) is 0 Å². The van der Waals surface area contributed by atoms with E-state index >= 15 is 0 Å². The van der Waals surface area contributed by atoms with Gasteiger partial charge in [0, 0.05) is 5.70 Å². The number of hydrogen-bond acceptors (Lipinski definition) is 2. The molecule has 0 spiro atoms. The maximum Gasteiger partial charge on any atom is 0.0775 e. The molecule has 1 fully saturated rings. The third kappa shape index (κ3) is 2.20. The van der Waals surface area contributed by atoms with Gasteiger partial charge in [0.25, 0.3) is 0 Å². The van der Waals surface area contributed by atoms with Crippen molar-refractivity contribution in [3.8, 4) is 0 Å². The van der Waals surface area contributed by atoms with E-state index in [1.54, 1.807) is 0 Å². The standard InChI is InChI=1S/C13H23NO/c1-3-10-4-6-11(7-5-10)12-8-13(2,9-15)14-12/h8,10-11,14-15H,3-7,9H2,1-2H3.